The SMILES string of the molecule is C=C(CCC1CCN(CCC)CC1)c1cc(Cl)c(C)cc1OCc1cc(OC)cc(OC)c1. The lowest BCUT2D eigenvalue weighted by atomic mass is 9.89. The molecule has 0 aromatic heterocycles. The Kier molecular flexibility index (Phi) is 9.52. The van der Waals surface area contributed by atoms with E-state index >= 15 is 0 Å². The van der Waals surface area contributed by atoms with E-state index in [9.17, 15) is 0 Å². The average Bonchev–Trinajstić information content (AvgIpc) is 2.83. The maximum atomic E-state index is 6.49. The molecular weight excluding hydrogens is 434 g/mol. The van der Waals surface area contributed by atoms with Gasteiger partial charge in [-0.15, -0.1) is 0 Å². The molecule has 3 rings (SSSR count). The highest BCUT2D eigenvalue weighted by atomic mass is 35.5. The number of nitrogens with zero attached hydrogens (tertiary/aromatic N) is 1. The zero-order chi connectivity index (χ0) is 23.8. The van der Waals surface area contributed by atoms with E-state index in [-0.39, 0.29) is 0 Å². The Morgan fingerprint density at radius 1 is 1.06 bits per heavy atom. The minimum absolute atomic E-state index is 0.408. The van der Waals surface area contributed by atoms with Gasteiger partial charge >= 0.3 is 0 Å². The maximum absolute atomic E-state index is 6.49. The molecule has 0 amide bonds. The molecule has 0 radical (unpaired) electrons. The summed E-state index contributed by atoms with van der Waals surface area (Å²) in [5.41, 5.74) is 4.07. The molecule has 0 unspecified atom stereocenters. The first-order valence-corrected chi connectivity index (χ1v) is 12.4. The zero-order valence-corrected chi connectivity index (χ0v) is 21.3. The summed E-state index contributed by atoms with van der Waals surface area (Å²) in [7, 11) is 3.30. The second kappa shape index (κ2) is 12.3. The maximum Gasteiger partial charge on any atom is 0.127 e. The van der Waals surface area contributed by atoms with E-state index in [0.717, 1.165) is 63.3 Å². The standard InChI is InChI=1S/C28H38ClNO3/c1-6-11-30-12-9-22(10-13-30)8-7-20(2)26-18-27(29)21(3)14-28(26)33-19-23-15-24(31-4)17-25(16-23)32-5/h14-18,22H,2,6-13,19H2,1,3-5H3. The van der Waals surface area contributed by atoms with E-state index in [1.165, 1.54) is 38.9 Å². The Hall–Kier alpha value is -2.17. The van der Waals surface area contributed by atoms with Crippen LogP contribution in [0.3, 0.4) is 0 Å². The first-order valence-electron chi connectivity index (χ1n) is 12.0. The van der Waals surface area contributed by atoms with Crippen molar-refractivity contribution < 1.29 is 14.2 Å². The lowest BCUT2D eigenvalue weighted by Gasteiger charge is -2.31. The summed E-state index contributed by atoms with van der Waals surface area (Å²) in [4.78, 5) is 2.59. The Bertz CT molecular complexity index is 913. The van der Waals surface area contributed by atoms with Crippen molar-refractivity contribution in [2.75, 3.05) is 33.9 Å². The van der Waals surface area contributed by atoms with E-state index in [0.29, 0.717) is 6.61 Å². The van der Waals surface area contributed by atoms with Crippen molar-refractivity contribution in [3.05, 3.63) is 58.6 Å². The van der Waals surface area contributed by atoms with Gasteiger partial charge in [-0.2, -0.15) is 0 Å². The van der Waals surface area contributed by atoms with Crippen LogP contribution in [0.4, 0.5) is 0 Å². The zero-order valence-electron chi connectivity index (χ0n) is 20.6. The van der Waals surface area contributed by atoms with E-state index in [4.69, 9.17) is 25.8 Å². The summed E-state index contributed by atoms with van der Waals surface area (Å²) in [6, 6.07) is 9.80. The molecule has 2 aromatic rings. The third kappa shape index (κ3) is 7.15. The van der Waals surface area contributed by atoms with Crippen molar-refractivity contribution >= 4 is 17.2 Å². The average molecular weight is 472 g/mol. The second-order valence-electron chi connectivity index (χ2n) is 9.03. The molecule has 0 bridgehead atoms. The first kappa shape index (κ1) is 25.5. The molecule has 1 heterocycles. The van der Waals surface area contributed by atoms with Gasteiger partial charge < -0.3 is 19.1 Å². The number of rotatable bonds is 11. The Morgan fingerprint density at radius 3 is 2.33 bits per heavy atom. The van der Waals surface area contributed by atoms with Crippen LogP contribution in [0.25, 0.3) is 5.57 Å². The smallest absolute Gasteiger partial charge is 0.127 e. The van der Waals surface area contributed by atoms with Gasteiger partial charge in [0.2, 0.25) is 0 Å². The van der Waals surface area contributed by atoms with Gasteiger partial charge in [-0.3, -0.25) is 0 Å². The third-order valence-electron chi connectivity index (χ3n) is 6.55. The third-order valence-corrected chi connectivity index (χ3v) is 6.96. The molecule has 0 aliphatic carbocycles. The van der Waals surface area contributed by atoms with Crippen LogP contribution < -0.4 is 14.2 Å². The number of methoxy groups -OCH3 is 2. The summed E-state index contributed by atoms with van der Waals surface area (Å²) in [6.07, 6.45) is 5.92. The van der Waals surface area contributed by atoms with Crippen molar-refractivity contribution in [3.8, 4) is 17.2 Å². The predicted octanol–water partition coefficient (Wildman–Crippen LogP) is 7.16. The molecule has 2 aromatic carbocycles. The lowest BCUT2D eigenvalue weighted by Crippen LogP contribution is -2.34. The largest absolute Gasteiger partial charge is 0.497 e. The number of hydrogen-bond acceptors (Lipinski definition) is 4. The second-order valence-corrected chi connectivity index (χ2v) is 9.44. The molecular formula is C28H38ClNO3. The molecule has 0 spiro atoms. The molecule has 1 fully saturated rings. The highest BCUT2D eigenvalue weighted by Crippen LogP contribution is 2.35. The molecule has 1 aliphatic rings. The van der Waals surface area contributed by atoms with Gasteiger partial charge in [0.05, 0.1) is 14.2 Å². The highest BCUT2D eigenvalue weighted by Gasteiger charge is 2.19. The molecule has 0 atom stereocenters. The summed E-state index contributed by atoms with van der Waals surface area (Å²) >= 11 is 6.49. The summed E-state index contributed by atoms with van der Waals surface area (Å²) < 4.78 is 17.0. The topological polar surface area (TPSA) is 30.9 Å². The number of hydrogen-bond donors (Lipinski definition) is 0. The van der Waals surface area contributed by atoms with Crippen LogP contribution in [0.5, 0.6) is 17.2 Å². The van der Waals surface area contributed by atoms with Gasteiger partial charge in [0, 0.05) is 16.7 Å². The van der Waals surface area contributed by atoms with Crippen LogP contribution in [0.2, 0.25) is 5.02 Å². The number of aryl methyl sites for hydroxylation is 1. The first-order chi connectivity index (χ1) is 15.9. The summed E-state index contributed by atoms with van der Waals surface area (Å²) in [5, 5.41) is 0.745. The van der Waals surface area contributed by atoms with Crippen LogP contribution in [0.15, 0.2) is 36.9 Å². The van der Waals surface area contributed by atoms with Gasteiger partial charge in [0.1, 0.15) is 23.9 Å². The van der Waals surface area contributed by atoms with Crippen LogP contribution in [-0.2, 0) is 6.61 Å². The van der Waals surface area contributed by atoms with Crippen molar-refractivity contribution in [1.82, 2.24) is 4.90 Å². The normalized spacial score (nSPS) is 14.8. The van der Waals surface area contributed by atoms with E-state index in [1.807, 2.05) is 37.3 Å². The predicted molar refractivity (Wildman–Crippen MR) is 138 cm³/mol. The quantitative estimate of drug-likeness (QED) is 0.348. The minimum atomic E-state index is 0.408. The molecule has 1 saturated heterocycles. The van der Waals surface area contributed by atoms with Gasteiger partial charge in [-0.1, -0.05) is 25.1 Å². The molecule has 180 valence electrons. The van der Waals surface area contributed by atoms with Crippen LogP contribution in [0.1, 0.15) is 55.7 Å². The number of benzene rings is 2. The molecule has 33 heavy (non-hydrogen) atoms. The Labute approximate surface area is 204 Å². The number of allylic oxidation sites excluding steroid dienone is 1. The molecule has 0 saturated carbocycles. The van der Waals surface area contributed by atoms with Gasteiger partial charge in [-0.25, -0.2) is 0 Å². The van der Waals surface area contributed by atoms with Crippen molar-refractivity contribution in [2.45, 2.75) is 52.6 Å². The molecule has 5 heteroatoms. The summed E-state index contributed by atoms with van der Waals surface area (Å²) in [6.45, 7) is 12.7. The van der Waals surface area contributed by atoms with Crippen molar-refractivity contribution in [3.63, 3.8) is 0 Å². The van der Waals surface area contributed by atoms with E-state index in [1.54, 1.807) is 14.2 Å². The fourth-order valence-corrected chi connectivity index (χ4v) is 4.65. The van der Waals surface area contributed by atoms with Gasteiger partial charge in [0.25, 0.3) is 0 Å². The fraction of sp³-hybridized carbons (Fsp3) is 0.500. The van der Waals surface area contributed by atoms with E-state index in [2.05, 4.69) is 18.4 Å². The fourth-order valence-electron chi connectivity index (χ4n) is 4.49. The lowest BCUT2D eigenvalue weighted by molar-refractivity contribution is 0.180. The highest BCUT2D eigenvalue weighted by molar-refractivity contribution is 6.31. The number of ether oxygens (including phenoxy) is 3. The van der Waals surface area contributed by atoms with Crippen LogP contribution >= 0.6 is 11.6 Å². The molecule has 4 nitrogen and oxygen atoms in total. The van der Waals surface area contributed by atoms with Crippen molar-refractivity contribution in [1.29, 1.82) is 0 Å². The van der Waals surface area contributed by atoms with Gasteiger partial charge in [-0.05, 0) is 106 Å². The van der Waals surface area contributed by atoms with Crippen molar-refractivity contribution in [2.24, 2.45) is 5.92 Å². The molecule has 1 aliphatic heterocycles. The molecule has 0 N–H and O–H groups in total. The summed E-state index contributed by atoms with van der Waals surface area (Å²) in [5.74, 6) is 3.08. The van der Waals surface area contributed by atoms with Gasteiger partial charge in [0.15, 0.2) is 0 Å². The minimum Gasteiger partial charge on any atom is -0.497 e. The van der Waals surface area contributed by atoms with Crippen LogP contribution in [0, 0.1) is 12.8 Å². The monoisotopic (exact) mass is 471 g/mol. The Morgan fingerprint density at radius 2 is 1.73 bits per heavy atom. The van der Waals surface area contributed by atoms with Crippen LogP contribution in [-0.4, -0.2) is 38.8 Å². The Balaban J connectivity index is 1.66. The van der Waals surface area contributed by atoms with E-state index < -0.39 is 0 Å². The number of halogens is 1. The number of likely N-dealkylation sites (tertiary alicyclic amines) is 1. The number of piperidine rings is 1.